The molecule has 2 aromatic heterocycles. The van der Waals surface area contributed by atoms with Crippen molar-refractivity contribution in [3.8, 4) is 0 Å². The third-order valence-electron chi connectivity index (χ3n) is 6.26. The molecular weight excluding hydrogens is 378 g/mol. The van der Waals surface area contributed by atoms with E-state index in [1.54, 1.807) is 23.0 Å². The Labute approximate surface area is 168 Å². The minimum atomic E-state index is -0.0119. The molecule has 0 radical (unpaired) electrons. The van der Waals surface area contributed by atoms with Crippen LogP contribution in [-0.4, -0.2) is 38.7 Å². The van der Waals surface area contributed by atoms with E-state index in [9.17, 15) is 9.59 Å². The van der Waals surface area contributed by atoms with Gasteiger partial charge in [0.15, 0.2) is 5.16 Å². The molecule has 2 atom stereocenters. The van der Waals surface area contributed by atoms with Crippen molar-refractivity contribution in [2.24, 2.45) is 13.0 Å². The standard InChI is InChI=1S/C20H27N3O2S2/c1-12-13(2)27-18-17(12)19(25)22(3)20(21-18)26-11-16(24)23-10-6-8-14-7-4-5-9-15(14)23/h14-15H,4-11H2,1-3H3. The minimum Gasteiger partial charge on any atom is -0.339 e. The van der Waals surface area contributed by atoms with Crippen LogP contribution in [0.5, 0.6) is 0 Å². The lowest BCUT2D eigenvalue weighted by Crippen LogP contribution is -2.50. The third-order valence-corrected chi connectivity index (χ3v) is 8.37. The van der Waals surface area contributed by atoms with Crippen molar-refractivity contribution in [1.29, 1.82) is 0 Å². The summed E-state index contributed by atoms with van der Waals surface area (Å²) < 4.78 is 1.60. The fraction of sp³-hybridized carbons (Fsp3) is 0.650. The van der Waals surface area contributed by atoms with Crippen LogP contribution in [0.25, 0.3) is 10.2 Å². The molecular formula is C20H27N3O2S2. The van der Waals surface area contributed by atoms with Crippen LogP contribution in [-0.2, 0) is 11.8 Å². The molecule has 0 bridgehead atoms. The van der Waals surface area contributed by atoms with E-state index in [4.69, 9.17) is 0 Å². The number of hydrogen-bond acceptors (Lipinski definition) is 5. The van der Waals surface area contributed by atoms with Crippen LogP contribution in [0, 0.1) is 19.8 Å². The second kappa shape index (κ2) is 7.59. The van der Waals surface area contributed by atoms with Crippen LogP contribution in [0.1, 0.15) is 49.0 Å². The molecule has 0 N–H and O–H groups in total. The number of amides is 1. The van der Waals surface area contributed by atoms with Crippen LogP contribution in [0.4, 0.5) is 0 Å². The number of thiophene rings is 1. The van der Waals surface area contributed by atoms with E-state index in [-0.39, 0.29) is 11.5 Å². The van der Waals surface area contributed by atoms with Crippen LogP contribution < -0.4 is 5.56 Å². The normalized spacial score (nSPS) is 22.9. The van der Waals surface area contributed by atoms with E-state index in [0.717, 1.165) is 40.0 Å². The smallest absolute Gasteiger partial charge is 0.262 e. The molecule has 1 saturated carbocycles. The zero-order valence-corrected chi connectivity index (χ0v) is 17.9. The van der Waals surface area contributed by atoms with Gasteiger partial charge < -0.3 is 4.90 Å². The Hall–Kier alpha value is -1.34. The summed E-state index contributed by atoms with van der Waals surface area (Å²) in [5, 5.41) is 1.36. The van der Waals surface area contributed by atoms with Gasteiger partial charge in [-0.25, -0.2) is 4.98 Å². The van der Waals surface area contributed by atoms with Gasteiger partial charge in [0.1, 0.15) is 4.83 Å². The van der Waals surface area contributed by atoms with E-state index >= 15 is 0 Å². The third kappa shape index (κ3) is 3.44. The first kappa shape index (κ1) is 19.0. The minimum absolute atomic E-state index is 0.0119. The topological polar surface area (TPSA) is 55.2 Å². The van der Waals surface area contributed by atoms with E-state index in [1.165, 1.54) is 37.4 Å². The average molecular weight is 406 g/mol. The SMILES string of the molecule is Cc1sc2nc(SCC(=O)N3CCCC4CCCCC43)n(C)c(=O)c2c1C. The van der Waals surface area contributed by atoms with E-state index < -0.39 is 0 Å². The lowest BCUT2D eigenvalue weighted by atomic mass is 9.78. The van der Waals surface area contributed by atoms with Gasteiger partial charge in [-0.3, -0.25) is 14.2 Å². The predicted octanol–water partition coefficient (Wildman–Crippen LogP) is 3.89. The second-order valence-electron chi connectivity index (χ2n) is 7.85. The maximum absolute atomic E-state index is 12.9. The molecule has 1 saturated heterocycles. The number of carbonyl (C=O) groups is 1. The predicted molar refractivity (Wildman–Crippen MR) is 112 cm³/mol. The molecule has 27 heavy (non-hydrogen) atoms. The summed E-state index contributed by atoms with van der Waals surface area (Å²) in [7, 11) is 1.76. The van der Waals surface area contributed by atoms with Gasteiger partial charge in [-0.2, -0.15) is 0 Å². The average Bonchev–Trinajstić information content (AvgIpc) is 2.96. The number of piperidine rings is 1. The Balaban J connectivity index is 1.52. The molecule has 7 heteroatoms. The van der Waals surface area contributed by atoms with Crippen molar-refractivity contribution < 1.29 is 4.79 Å². The van der Waals surface area contributed by atoms with Crippen LogP contribution in [0.15, 0.2) is 9.95 Å². The van der Waals surface area contributed by atoms with Gasteiger partial charge in [0, 0.05) is 24.5 Å². The van der Waals surface area contributed by atoms with Gasteiger partial charge >= 0.3 is 0 Å². The van der Waals surface area contributed by atoms with Gasteiger partial charge in [0.25, 0.3) is 5.56 Å². The Morgan fingerprint density at radius 1 is 1.22 bits per heavy atom. The molecule has 0 aromatic carbocycles. The summed E-state index contributed by atoms with van der Waals surface area (Å²) in [6.07, 6.45) is 7.36. The summed E-state index contributed by atoms with van der Waals surface area (Å²) in [6.45, 7) is 4.88. The molecule has 1 aliphatic heterocycles. The highest BCUT2D eigenvalue weighted by atomic mass is 32.2. The lowest BCUT2D eigenvalue weighted by Gasteiger charge is -2.44. The summed E-state index contributed by atoms with van der Waals surface area (Å²) in [5.74, 6) is 1.25. The second-order valence-corrected chi connectivity index (χ2v) is 10.00. The van der Waals surface area contributed by atoms with Crippen molar-refractivity contribution >= 4 is 39.2 Å². The maximum Gasteiger partial charge on any atom is 0.262 e. The van der Waals surface area contributed by atoms with Gasteiger partial charge in [-0.15, -0.1) is 11.3 Å². The number of thioether (sulfide) groups is 1. The maximum atomic E-state index is 12.9. The molecule has 2 unspecified atom stereocenters. The van der Waals surface area contributed by atoms with Crippen molar-refractivity contribution in [2.45, 2.75) is 63.6 Å². The van der Waals surface area contributed by atoms with Crippen LogP contribution in [0.2, 0.25) is 0 Å². The zero-order chi connectivity index (χ0) is 19.1. The fourth-order valence-corrected chi connectivity index (χ4v) is 6.56. The van der Waals surface area contributed by atoms with Crippen molar-refractivity contribution in [3.05, 3.63) is 20.8 Å². The molecule has 4 rings (SSSR count). The van der Waals surface area contributed by atoms with Crippen LogP contribution in [0.3, 0.4) is 0 Å². The molecule has 1 amide bonds. The highest BCUT2D eigenvalue weighted by molar-refractivity contribution is 7.99. The van der Waals surface area contributed by atoms with Gasteiger partial charge in [-0.1, -0.05) is 24.6 Å². The molecule has 5 nitrogen and oxygen atoms in total. The number of fused-ring (bicyclic) bond motifs is 2. The zero-order valence-electron chi connectivity index (χ0n) is 16.3. The Morgan fingerprint density at radius 2 is 1.96 bits per heavy atom. The molecule has 2 aliphatic rings. The highest BCUT2D eigenvalue weighted by Gasteiger charge is 2.35. The number of hydrogen-bond donors (Lipinski definition) is 0. The molecule has 1 aliphatic carbocycles. The summed E-state index contributed by atoms with van der Waals surface area (Å²) >= 11 is 2.96. The van der Waals surface area contributed by atoms with E-state index in [0.29, 0.717) is 22.9 Å². The molecule has 0 spiro atoms. The number of rotatable bonds is 3. The number of carbonyl (C=O) groups excluding carboxylic acids is 1. The van der Waals surface area contributed by atoms with Gasteiger partial charge in [0.2, 0.25) is 5.91 Å². The number of likely N-dealkylation sites (tertiary alicyclic amines) is 1. The first-order chi connectivity index (χ1) is 13.0. The molecule has 3 heterocycles. The van der Waals surface area contributed by atoms with Crippen molar-refractivity contribution in [1.82, 2.24) is 14.5 Å². The van der Waals surface area contributed by atoms with Crippen molar-refractivity contribution in [3.63, 3.8) is 0 Å². The Morgan fingerprint density at radius 3 is 2.78 bits per heavy atom. The molecule has 146 valence electrons. The van der Waals surface area contributed by atoms with E-state index in [2.05, 4.69) is 9.88 Å². The highest BCUT2D eigenvalue weighted by Crippen LogP contribution is 2.36. The summed E-state index contributed by atoms with van der Waals surface area (Å²) in [5.41, 5.74) is 1.01. The largest absolute Gasteiger partial charge is 0.339 e. The van der Waals surface area contributed by atoms with Crippen LogP contribution >= 0.6 is 23.1 Å². The van der Waals surface area contributed by atoms with Gasteiger partial charge in [0.05, 0.1) is 11.1 Å². The first-order valence-corrected chi connectivity index (χ1v) is 11.7. The van der Waals surface area contributed by atoms with Crippen molar-refractivity contribution in [2.75, 3.05) is 12.3 Å². The van der Waals surface area contributed by atoms with Gasteiger partial charge in [-0.05, 0) is 51.0 Å². The number of aryl methyl sites for hydroxylation is 2. The fourth-order valence-electron chi connectivity index (χ4n) is 4.63. The Bertz CT molecular complexity index is 931. The summed E-state index contributed by atoms with van der Waals surface area (Å²) in [4.78, 5) is 34.4. The number of nitrogens with zero attached hydrogens (tertiary/aromatic N) is 3. The monoisotopic (exact) mass is 405 g/mol. The molecule has 2 fully saturated rings. The number of aromatic nitrogens is 2. The molecule has 2 aromatic rings. The lowest BCUT2D eigenvalue weighted by molar-refractivity contribution is -0.134. The van der Waals surface area contributed by atoms with E-state index in [1.807, 2.05) is 13.8 Å². The Kier molecular flexibility index (Phi) is 5.34. The quantitative estimate of drug-likeness (QED) is 0.574. The summed E-state index contributed by atoms with van der Waals surface area (Å²) in [6, 6.07) is 0.433. The first-order valence-electron chi connectivity index (χ1n) is 9.86.